The van der Waals surface area contributed by atoms with E-state index >= 15 is 0 Å². The summed E-state index contributed by atoms with van der Waals surface area (Å²) in [5.41, 5.74) is 1.92. The smallest absolute Gasteiger partial charge is 0.238 e. The van der Waals surface area contributed by atoms with Crippen LogP contribution < -0.4 is 5.32 Å². The lowest BCUT2D eigenvalue weighted by Gasteiger charge is -2.27. The number of nitrogens with one attached hydrogen (secondary N) is 1. The summed E-state index contributed by atoms with van der Waals surface area (Å²) in [7, 11) is 1.96. The number of rotatable bonds is 5. The Hall–Kier alpha value is -0.910. The number of ether oxygens (including phenoxy) is 1. The molecule has 1 atom stereocenters. The molecule has 1 fully saturated rings. The normalized spacial score (nSPS) is 18.8. The lowest BCUT2D eigenvalue weighted by molar-refractivity contribution is -0.117. The van der Waals surface area contributed by atoms with Gasteiger partial charge in [0, 0.05) is 23.3 Å². The lowest BCUT2D eigenvalue weighted by atomic mass is 10.1. The summed E-state index contributed by atoms with van der Waals surface area (Å²) in [6.45, 7) is 4.03. The summed E-state index contributed by atoms with van der Waals surface area (Å²) in [5.74, 6) is 0.0127. The average molecular weight is 355 g/mol. The van der Waals surface area contributed by atoms with Gasteiger partial charge in [0.1, 0.15) is 0 Å². The number of halogens is 1. The van der Waals surface area contributed by atoms with E-state index in [-0.39, 0.29) is 12.0 Å². The fraction of sp³-hybridized carbons (Fsp3) is 0.562. The fourth-order valence-electron chi connectivity index (χ4n) is 2.57. The summed E-state index contributed by atoms with van der Waals surface area (Å²) in [4.78, 5) is 14.1. The van der Waals surface area contributed by atoms with E-state index in [2.05, 4.69) is 21.2 Å². The number of nitrogens with zero attached hydrogens (tertiary/aromatic N) is 1. The van der Waals surface area contributed by atoms with Gasteiger partial charge in [-0.3, -0.25) is 9.69 Å². The molecule has 1 aliphatic heterocycles. The largest absolute Gasteiger partial charge is 0.377 e. The molecule has 0 bridgehead atoms. The molecule has 0 spiro atoms. The van der Waals surface area contributed by atoms with E-state index in [0.29, 0.717) is 6.54 Å². The third-order valence-corrected chi connectivity index (χ3v) is 4.16. The maximum absolute atomic E-state index is 12.1. The molecular weight excluding hydrogens is 332 g/mol. The van der Waals surface area contributed by atoms with Gasteiger partial charge in [-0.2, -0.15) is 0 Å². The fourth-order valence-corrected chi connectivity index (χ4v) is 3.04. The third-order valence-electron chi connectivity index (χ3n) is 3.67. The summed E-state index contributed by atoms with van der Waals surface area (Å²) in [5, 5.41) is 2.96. The molecule has 1 heterocycles. The lowest BCUT2D eigenvalue weighted by Crippen LogP contribution is -2.37. The number of anilines is 1. The van der Waals surface area contributed by atoms with Crippen LogP contribution in [0.4, 0.5) is 5.69 Å². The second kappa shape index (κ2) is 7.92. The van der Waals surface area contributed by atoms with Crippen molar-refractivity contribution in [1.29, 1.82) is 0 Å². The first-order valence-corrected chi connectivity index (χ1v) is 8.20. The Labute approximate surface area is 135 Å². The van der Waals surface area contributed by atoms with Gasteiger partial charge in [0.25, 0.3) is 0 Å². The first kappa shape index (κ1) is 16.5. The number of amides is 1. The van der Waals surface area contributed by atoms with Crippen molar-refractivity contribution >= 4 is 27.5 Å². The predicted molar refractivity (Wildman–Crippen MR) is 88.6 cm³/mol. The minimum absolute atomic E-state index is 0.0127. The third kappa shape index (κ3) is 5.41. The van der Waals surface area contributed by atoms with Gasteiger partial charge in [0.15, 0.2) is 0 Å². The summed E-state index contributed by atoms with van der Waals surface area (Å²) >= 11 is 3.42. The van der Waals surface area contributed by atoms with E-state index in [1.165, 1.54) is 6.42 Å². The van der Waals surface area contributed by atoms with Crippen LogP contribution in [0.1, 0.15) is 24.8 Å². The molecule has 0 aliphatic carbocycles. The number of aryl methyl sites for hydroxylation is 1. The maximum atomic E-state index is 12.1. The second-order valence-corrected chi connectivity index (χ2v) is 6.61. The minimum atomic E-state index is 0.0127. The van der Waals surface area contributed by atoms with E-state index < -0.39 is 0 Å². The maximum Gasteiger partial charge on any atom is 0.238 e. The van der Waals surface area contributed by atoms with Crippen LogP contribution in [-0.2, 0) is 9.53 Å². The van der Waals surface area contributed by atoms with Crippen LogP contribution in [0.2, 0.25) is 0 Å². The van der Waals surface area contributed by atoms with E-state index in [4.69, 9.17) is 4.74 Å². The standard InChI is InChI=1S/C16H23BrN2O2/c1-12-9-13(17)6-7-15(12)18-16(20)11-19(2)10-14-5-3-4-8-21-14/h6-7,9,14H,3-5,8,10-11H2,1-2H3,(H,18,20)/t14-/m0/s1. The van der Waals surface area contributed by atoms with Crippen molar-refractivity contribution in [1.82, 2.24) is 4.90 Å². The van der Waals surface area contributed by atoms with Gasteiger partial charge in [-0.05, 0) is 57.0 Å². The Kier molecular flexibility index (Phi) is 6.21. The Morgan fingerprint density at radius 3 is 2.95 bits per heavy atom. The van der Waals surface area contributed by atoms with Crippen LogP contribution in [0.15, 0.2) is 22.7 Å². The van der Waals surface area contributed by atoms with Crippen molar-refractivity contribution in [2.75, 3.05) is 32.1 Å². The Morgan fingerprint density at radius 1 is 1.48 bits per heavy atom. The molecule has 0 aromatic heterocycles. The zero-order chi connectivity index (χ0) is 15.2. The van der Waals surface area contributed by atoms with Crippen molar-refractivity contribution in [2.45, 2.75) is 32.3 Å². The summed E-state index contributed by atoms with van der Waals surface area (Å²) in [6.07, 6.45) is 3.75. The van der Waals surface area contributed by atoms with E-state index in [1.807, 2.05) is 37.1 Å². The van der Waals surface area contributed by atoms with Gasteiger partial charge in [-0.15, -0.1) is 0 Å². The predicted octanol–water partition coefficient (Wildman–Crippen LogP) is 3.20. The highest BCUT2D eigenvalue weighted by atomic mass is 79.9. The van der Waals surface area contributed by atoms with Gasteiger partial charge >= 0.3 is 0 Å². The summed E-state index contributed by atoms with van der Waals surface area (Å²) < 4.78 is 6.72. The van der Waals surface area contributed by atoms with E-state index in [1.54, 1.807) is 0 Å². The van der Waals surface area contributed by atoms with Crippen LogP contribution >= 0.6 is 15.9 Å². The molecule has 1 amide bonds. The minimum Gasteiger partial charge on any atom is -0.377 e. The average Bonchev–Trinajstić information content (AvgIpc) is 2.43. The highest BCUT2D eigenvalue weighted by molar-refractivity contribution is 9.10. The van der Waals surface area contributed by atoms with Gasteiger partial charge in [0.2, 0.25) is 5.91 Å². The molecular formula is C16H23BrN2O2. The van der Waals surface area contributed by atoms with Crippen LogP contribution in [-0.4, -0.2) is 43.7 Å². The zero-order valence-corrected chi connectivity index (χ0v) is 14.3. The zero-order valence-electron chi connectivity index (χ0n) is 12.7. The van der Waals surface area contributed by atoms with Crippen LogP contribution in [0.25, 0.3) is 0 Å². The number of likely N-dealkylation sites (N-methyl/N-ethyl adjacent to an activating group) is 1. The molecule has 1 aromatic carbocycles. The van der Waals surface area contributed by atoms with Crippen LogP contribution in [0.3, 0.4) is 0 Å². The van der Waals surface area contributed by atoms with Gasteiger partial charge < -0.3 is 10.1 Å². The van der Waals surface area contributed by atoms with E-state index in [9.17, 15) is 4.79 Å². The highest BCUT2D eigenvalue weighted by Gasteiger charge is 2.17. The van der Waals surface area contributed by atoms with Crippen molar-refractivity contribution in [3.8, 4) is 0 Å². The second-order valence-electron chi connectivity index (χ2n) is 5.69. The molecule has 0 saturated carbocycles. The molecule has 5 heteroatoms. The highest BCUT2D eigenvalue weighted by Crippen LogP contribution is 2.20. The topological polar surface area (TPSA) is 41.6 Å². The molecule has 116 valence electrons. The van der Waals surface area contributed by atoms with E-state index in [0.717, 1.165) is 41.7 Å². The first-order valence-electron chi connectivity index (χ1n) is 7.41. The molecule has 0 unspecified atom stereocenters. The molecule has 1 aliphatic rings. The molecule has 21 heavy (non-hydrogen) atoms. The van der Waals surface area contributed by atoms with Crippen LogP contribution in [0.5, 0.6) is 0 Å². The number of hydrogen-bond acceptors (Lipinski definition) is 3. The molecule has 1 aromatic rings. The monoisotopic (exact) mass is 354 g/mol. The Morgan fingerprint density at radius 2 is 2.29 bits per heavy atom. The Bertz CT molecular complexity index is 487. The quantitative estimate of drug-likeness (QED) is 0.882. The number of carbonyl (C=O) groups excluding carboxylic acids is 1. The molecule has 4 nitrogen and oxygen atoms in total. The van der Waals surface area contributed by atoms with Crippen molar-refractivity contribution in [2.24, 2.45) is 0 Å². The number of benzene rings is 1. The Balaban J connectivity index is 1.80. The molecule has 0 radical (unpaired) electrons. The molecule has 1 N–H and O–H groups in total. The number of carbonyl (C=O) groups is 1. The SMILES string of the molecule is Cc1cc(Br)ccc1NC(=O)CN(C)C[C@@H]1CCCCO1. The van der Waals surface area contributed by atoms with Gasteiger partial charge in [0.05, 0.1) is 12.6 Å². The van der Waals surface area contributed by atoms with Gasteiger partial charge in [-0.25, -0.2) is 0 Å². The number of hydrogen-bond donors (Lipinski definition) is 1. The first-order chi connectivity index (χ1) is 10.0. The van der Waals surface area contributed by atoms with Crippen molar-refractivity contribution in [3.63, 3.8) is 0 Å². The molecule has 1 saturated heterocycles. The van der Waals surface area contributed by atoms with Crippen molar-refractivity contribution < 1.29 is 9.53 Å². The van der Waals surface area contributed by atoms with Crippen LogP contribution in [0, 0.1) is 6.92 Å². The van der Waals surface area contributed by atoms with Gasteiger partial charge in [-0.1, -0.05) is 15.9 Å². The summed E-state index contributed by atoms with van der Waals surface area (Å²) in [6, 6.07) is 5.85. The molecule has 2 rings (SSSR count). The van der Waals surface area contributed by atoms with Crippen molar-refractivity contribution in [3.05, 3.63) is 28.2 Å².